The number of fused-ring (bicyclic) bond motifs is 3. The average Bonchev–Trinajstić information content (AvgIpc) is 3.44. The molecule has 0 amide bonds. The molecule has 0 radical (unpaired) electrons. The predicted octanol–water partition coefficient (Wildman–Crippen LogP) is 6.78. The maximum absolute atomic E-state index is 6.46. The molecular formula is C29H29ClN4OS. The minimum Gasteiger partial charge on any atom is -0.492 e. The van der Waals surface area contributed by atoms with Crippen LogP contribution in [-0.2, 0) is 0 Å². The first-order valence-electron chi connectivity index (χ1n) is 12.4. The van der Waals surface area contributed by atoms with Gasteiger partial charge in [-0.1, -0.05) is 48.0 Å². The summed E-state index contributed by atoms with van der Waals surface area (Å²) in [5.41, 5.74) is 3.86. The van der Waals surface area contributed by atoms with Gasteiger partial charge in [-0.2, -0.15) is 0 Å². The Bertz CT molecular complexity index is 1370. The molecule has 2 bridgehead atoms. The maximum atomic E-state index is 6.46. The van der Waals surface area contributed by atoms with Crippen molar-refractivity contribution in [3.05, 3.63) is 89.6 Å². The predicted molar refractivity (Wildman–Crippen MR) is 149 cm³/mol. The number of nitrogens with zero attached hydrogens (tertiary/aromatic N) is 3. The molecule has 6 rings (SSSR count). The summed E-state index contributed by atoms with van der Waals surface area (Å²) in [6.07, 6.45) is 1.24. The van der Waals surface area contributed by atoms with E-state index in [0.29, 0.717) is 23.7 Å². The van der Waals surface area contributed by atoms with Crippen molar-refractivity contribution in [3.8, 4) is 5.75 Å². The molecule has 5 nitrogen and oxygen atoms in total. The normalized spacial score (nSPS) is 19.7. The molecule has 3 heterocycles. The molecule has 2 aliphatic heterocycles. The Labute approximate surface area is 221 Å². The number of piperazine rings is 1. The van der Waals surface area contributed by atoms with E-state index < -0.39 is 0 Å². The minimum atomic E-state index is 0.606. The lowest BCUT2D eigenvalue weighted by Crippen LogP contribution is -2.44. The molecule has 3 aromatic carbocycles. The number of ether oxygens (including phenoxy) is 1. The zero-order valence-electron chi connectivity index (χ0n) is 20.2. The molecule has 2 fully saturated rings. The number of aryl methyl sites for hydroxylation is 1. The van der Waals surface area contributed by atoms with Crippen molar-refractivity contribution >= 4 is 45.8 Å². The number of likely N-dealkylation sites (tertiary alicyclic amines) is 1. The van der Waals surface area contributed by atoms with E-state index in [4.69, 9.17) is 16.3 Å². The second-order valence-electron chi connectivity index (χ2n) is 9.52. The molecule has 2 aliphatic rings. The minimum absolute atomic E-state index is 0.606. The number of aromatic nitrogens is 1. The number of anilines is 2. The zero-order valence-corrected chi connectivity index (χ0v) is 21.8. The molecule has 1 aromatic heterocycles. The van der Waals surface area contributed by atoms with Gasteiger partial charge < -0.3 is 10.1 Å². The first-order valence-corrected chi connectivity index (χ1v) is 13.6. The van der Waals surface area contributed by atoms with Gasteiger partial charge in [-0.05, 0) is 61.7 Å². The van der Waals surface area contributed by atoms with Gasteiger partial charge in [-0.3, -0.25) is 9.88 Å². The van der Waals surface area contributed by atoms with E-state index >= 15 is 0 Å². The molecule has 1 N–H and O–H groups in total. The second kappa shape index (κ2) is 10.3. The first-order chi connectivity index (χ1) is 17.6. The van der Waals surface area contributed by atoms with Gasteiger partial charge in [-0.15, -0.1) is 0 Å². The molecule has 0 spiro atoms. The number of hydrogen-bond acceptors (Lipinski definition) is 6. The molecule has 2 saturated heterocycles. The molecule has 2 atom stereocenters. The summed E-state index contributed by atoms with van der Waals surface area (Å²) in [6.45, 7) is 5.79. The molecule has 7 heteroatoms. The largest absolute Gasteiger partial charge is 0.492 e. The Balaban J connectivity index is 1.06. The standard InChI is InChI=1S/C29H29ClN4OS/c1-20-13-29(27-9-5-6-10-28(27)31-20)32-22-14-21(30)15-25(16-22)35-12-11-33-18-24-17-23(33)19-34(24)36-26-7-3-2-4-8-26/h2-10,13-16,23-24H,11-12,17-19H2,1H3,(H,31,32)/t23-,24-/m0/s1. The van der Waals surface area contributed by atoms with Crippen molar-refractivity contribution < 1.29 is 4.74 Å². The third-order valence-electron chi connectivity index (χ3n) is 6.91. The highest BCUT2D eigenvalue weighted by Gasteiger charge is 2.43. The Morgan fingerprint density at radius 3 is 2.67 bits per heavy atom. The summed E-state index contributed by atoms with van der Waals surface area (Å²) in [5.74, 6) is 0.783. The lowest BCUT2D eigenvalue weighted by molar-refractivity contribution is 0.157. The van der Waals surface area contributed by atoms with Crippen LogP contribution in [0.15, 0.2) is 83.8 Å². The summed E-state index contributed by atoms with van der Waals surface area (Å²) >= 11 is 8.35. The van der Waals surface area contributed by atoms with Gasteiger partial charge in [0.15, 0.2) is 0 Å². The van der Waals surface area contributed by atoms with E-state index in [1.165, 1.54) is 11.3 Å². The van der Waals surface area contributed by atoms with Crippen molar-refractivity contribution in [2.24, 2.45) is 0 Å². The van der Waals surface area contributed by atoms with Crippen LogP contribution < -0.4 is 10.1 Å². The highest BCUT2D eigenvalue weighted by atomic mass is 35.5. The fourth-order valence-corrected chi connectivity index (χ4v) is 6.60. The van der Waals surface area contributed by atoms with Crippen LogP contribution in [0.3, 0.4) is 0 Å². The lowest BCUT2D eigenvalue weighted by Gasteiger charge is -2.33. The zero-order chi connectivity index (χ0) is 24.5. The van der Waals surface area contributed by atoms with E-state index in [9.17, 15) is 0 Å². The summed E-state index contributed by atoms with van der Waals surface area (Å²) in [5, 5.41) is 5.25. The van der Waals surface area contributed by atoms with Gasteiger partial charge in [0.25, 0.3) is 0 Å². The van der Waals surface area contributed by atoms with Gasteiger partial charge >= 0.3 is 0 Å². The third kappa shape index (κ3) is 5.18. The summed E-state index contributed by atoms with van der Waals surface area (Å²) in [6, 6.07) is 27.9. The van der Waals surface area contributed by atoms with Gasteiger partial charge in [0, 0.05) is 70.2 Å². The first kappa shape index (κ1) is 23.6. The third-order valence-corrected chi connectivity index (χ3v) is 8.29. The van der Waals surface area contributed by atoms with Crippen molar-refractivity contribution in [1.82, 2.24) is 14.2 Å². The molecule has 184 valence electrons. The van der Waals surface area contributed by atoms with E-state index in [1.54, 1.807) is 0 Å². The number of para-hydroxylation sites is 1. The van der Waals surface area contributed by atoms with Gasteiger partial charge in [0.05, 0.1) is 5.52 Å². The number of nitrogens with one attached hydrogen (secondary N) is 1. The summed E-state index contributed by atoms with van der Waals surface area (Å²) in [4.78, 5) is 8.52. The number of hydrogen-bond donors (Lipinski definition) is 1. The van der Waals surface area contributed by atoms with Crippen molar-refractivity contribution in [2.75, 3.05) is 31.6 Å². The second-order valence-corrected chi connectivity index (χ2v) is 11.1. The molecule has 4 aromatic rings. The van der Waals surface area contributed by atoms with E-state index in [-0.39, 0.29) is 0 Å². The van der Waals surface area contributed by atoms with Crippen LogP contribution in [0.25, 0.3) is 10.9 Å². The van der Waals surface area contributed by atoms with Gasteiger partial charge in [0.1, 0.15) is 12.4 Å². The average molecular weight is 517 g/mol. The van der Waals surface area contributed by atoms with Crippen LogP contribution in [0.5, 0.6) is 5.75 Å². The highest BCUT2D eigenvalue weighted by molar-refractivity contribution is 7.97. The number of rotatable bonds is 8. The van der Waals surface area contributed by atoms with Crippen molar-refractivity contribution in [3.63, 3.8) is 0 Å². The smallest absolute Gasteiger partial charge is 0.122 e. The monoisotopic (exact) mass is 516 g/mol. The van der Waals surface area contributed by atoms with E-state index in [0.717, 1.165) is 53.4 Å². The number of benzene rings is 3. The number of pyridine rings is 1. The Morgan fingerprint density at radius 1 is 1.00 bits per heavy atom. The molecule has 36 heavy (non-hydrogen) atoms. The lowest BCUT2D eigenvalue weighted by atomic mass is 10.1. The van der Waals surface area contributed by atoms with Crippen LogP contribution in [0, 0.1) is 6.92 Å². The molecular weight excluding hydrogens is 488 g/mol. The fourth-order valence-electron chi connectivity index (χ4n) is 5.28. The van der Waals surface area contributed by atoms with Crippen LogP contribution in [0.2, 0.25) is 5.02 Å². The summed E-state index contributed by atoms with van der Waals surface area (Å²) in [7, 11) is 0. The molecule has 0 saturated carbocycles. The fraction of sp³-hybridized carbons (Fsp3) is 0.276. The van der Waals surface area contributed by atoms with Gasteiger partial charge in [0.2, 0.25) is 0 Å². The topological polar surface area (TPSA) is 40.6 Å². The quantitative estimate of drug-likeness (QED) is 0.260. The molecule has 0 unspecified atom stereocenters. The van der Waals surface area contributed by atoms with Crippen LogP contribution in [0.4, 0.5) is 11.4 Å². The Morgan fingerprint density at radius 2 is 1.83 bits per heavy atom. The van der Waals surface area contributed by atoms with E-state index in [1.807, 2.05) is 55.3 Å². The highest BCUT2D eigenvalue weighted by Crippen LogP contribution is 2.38. The van der Waals surface area contributed by atoms with Crippen LogP contribution in [-0.4, -0.2) is 52.5 Å². The maximum Gasteiger partial charge on any atom is 0.122 e. The summed E-state index contributed by atoms with van der Waals surface area (Å²) < 4.78 is 8.72. The van der Waals surface area contributed by atoms with Crippen molar-refractivity contribution in [2.45, 2.75) is 30.3 Å². The van der Waals surface area contributed by atoms with Crippen molar-refractivity contribution in [1.29, 1.82) is 0 Å². The van der Waals surface area contributed by atoms with Crippen LogP contribution >= 0.6 is 23.5 Å². The number of halogens is 1. The van der Waals surface area contributed by atoms with Crippen LogP contribution in [0.1, 0.15) is 12.1 Å². The Hall–Kier alpha value is -2.77. The Kier molecular flexibility index (Phi) is 6.76. The molecule has 0 aliphatic carbocycles. The van der Waals surface area contributed by atoms with E-state index in [2.05, 4.69) is 62.0 Å². The van der Waals surface area contributed by atoms with Gasteiger partial charge in [-0.25, -0.2) is 4.31 Å². The SMILES string of the molecule is Cc1cc(Nc2cc(Cl)cc(OCCN3C[C@@H]4C[C@H]3CN4Sc3ccccc3)c2)c2ccccc2n1.